The van der Waals surface area contributed by atoms with E-state index in [4.69, 9.17) is 4.74 Å². The van der Waals surface area contributed by atoms with Crippen molar-refractivity contribution in [1.29, 1.82) is 0 Å². The number of alkyl halides is 3. The third kappa shape index (κ3) is 5.11. The minimum atomic E-state index is -4.36. The Morgan fingerprint density at radius 1 is 1.07 bits per heavy atom. The van der Waals surface area contributed by atoms with Crippen LogP contribution in [0.2, 0.25) is 0 Å². The minimum absolute atomic E-state index is 0.00370. The Bertz CT molecular complexity index is 902. The largest absolute Gasteiger partial charge is 0.545 e. The summed E-state index contributed by atoms with van der Waals surface area (Å²) < 4.78 is 44.6. The molecule has 0 unspecified atom stereocenters. The molecule has 0 saturated carbocycles. The second-order valence-corrected chi connectivity index (χ2v) is 7.88. The SMILES string of the molecule is C/C(C[C@@H]1[C@@H](Cc2ccc(C(F)(F)F)cc2)CO[C@@H]1c1ccccc1)=C(\C)C(=O)[O-]. The number of hydrogen-bond acceptors (Lipinski definition) is 3. The van der Waals surface area contributed by atoms with Crippen LogP contribution in [-0.4, -0.2) is 12.6 Å². The molecule has 1 heterocycles. The number of allylic oxidation sites excluding steroid dienone is 1. The number of carboxylic acids is 1. The van der Waals surface area contributed by atoms with Gasteiger partial charge in [0.1, 0.15) is 0 Å². The standard InChI is InChI=1S/C24H25F3O3/c1-15(16(2)23(28)29)12-21-19(14-30-22(21)18-6-4-3-5-7-18)13-17-8-10-20(11-9-17)24(25,26)27/h3-11,19,21-22H,12-14H2,1-2H3,(H,28,29)/p-1/b16-15-/t19-,21+,22+/m0/s1. The van der Waals surface area contributed by atoms with E-state index in [1.165, 1.54) is 19.1 Å². The third-order valence-corrected chi connectivity index (χ3v) is 5.88. The van der Waals surface area contributed by atoms with Gasteiger partial charge in [-0.2, -0.15) is 13.2 Å². The average molecular weight is 417 g/mol. The Morgan fingerprint density at radius 3 is 2.27 bits per heavy atom. The summed E-state index contributed by atoms with van der Waals surface area (Å²) in [7, 11) is 0. The minimum Gasteiger partial charge on any atom is -0.545 e. The van der Waals surface area contributed by atoms with Crippen molar-refractivity contribution in [2.75, 3.05) is 6.61 Å². The second kappa shape index (κ2) is 9.04. The molecule has 1 fully saturated rings. The third-order valence-electron chi connectivity index (χ3n) is 5.88. The fraction of sp³-hybridized carbons (Fsp3) is 0.375. The maximum Gasteiger partial charge on any atom is 0.416 e. The molecule has 3 nitrogen and oxygen atoms in total. The Labute approximate surface area is 174 Å². The van der Waals surface area contributed by atoms with Gasteiger partial charge in [0, 0.05) is 0 Å². The van der Waals surface area contributed by atoms with Gasteiger partial charge >= 0.3 is 6.18 Å². The van der Waals surface area contributed by atoms with E-state index in [1.54, 1.807) is 6.92 Å². The van der Waals surface area contributed by atoms with Gasteiger partial charge in [-0.3, -0.25) is 0 Å². The predicted molar refractivity (Wildman–Crippen MR) is 105 cm³/mol. The summed E-state index contributed by atoms with van der Waals surface area (Å²) in [6.07, 6.45) is -3.48. The molecule has 0 aliphatic carbocycles. The van der Waals surface area contributed by atoms with Crippen molar-refractivity contribution in [1.82, 2.24) is 0 Å². The smallest absolute Gasteiger partial charge is 0.416 e. The van der Waals surface area contributed by atoms with Crippen LogP contribution in [0, 0.1) is 11.8 Å². The monoisotopic (exact) mass is 417 g/mol. The molecule has 0 spiro atoms. The van der Waals surface area contributed by atoms with E-state index in [2.05, 4.69) is 0 Å². The van der Waals surface area contributed by atoms with Crippen LogP contribution in [0.4, 0.5) is 13.2 Å². The molecule has 0 aromatic heterocycles. The van der Waals surface area contributed by atoms with Gasteiger partial charge in [0.2, 0.25) is 0 Å². The molecule has 2 aromatic carbocycles. The van der Waals surface area contributed by atoms with E-state index in [-0.39, 0.29) is 23.5 Å². The van der Waals surface area contributed by atoms with Gasteiger partial charge in [-0.15, -0.1) is 0 Å². The van der Waals surface area contributed by atoms with Crippen LogP contribution in [0.25, 0.3) is 0 Å². The quantitative estimate of drug-likeness (QED) is 0.639. The predicted octanol–water partition coefficient (Wildman–Crippen LogP) is 4.73. The molecule has 2 aromatic rings. The number of halogens is 3. The van der Waals surface area contributed by atoms with Crippen molar-refractivity contribution in [3.05, 3.63) is 82.4 Å². The maximum atomic E-state index is 12.8. The Balaban J connectivity index is 1.85. The number of hydrogen-bond donors (Lipinski definition) is 0. The number of aliphatic carboxylic acids is 1. The lowest BCUT2D eigenvalue weighted by Gasteiger charge is -2.25. The van der Waals surface area contributed by atoms with Gasteiger partial charge in [0.25, 0.3) is 0 Å². The van der Waals surface area contributed by atoms with Crippen molar-refractivity contribution in [2.45, 2.75) is 39.0 Å². The molecule has 1 aliphatic heterocycles. The normalized spacial score (nSPS) is 22.6. The van der Waals surface area contributed by atoms with Crippen molar-refractivity contribution < 1.29 is 27.8 Å². The molecule has 160 valence electrons. The molecular formula is C24H24F3O3-. The van der Waals surface area contributed by atoms with Gasteiger partial charge < -0.3 is 14.6 Å². The summed E-state index contributed by atoms with van der Waals surface area (Å²) in [5.74, 6) is -1.14. The second-order valence-electron chi connectivity index (χ2n) is 7.88. The molecular weight excluding hydrogens is 393 g/mol. The molecule has 0 bridgehead atoms. The van der Waals surface area contributed by atoms with Crippen LogP contribution in [0.5, 0.6) is 0 Å². The van der Waals surface area contributed by atoms with E-state index in [9.17, 15) is 23.1 Å². The van der Waals surface area contributed by atoms with E-state index in [0.29, 0.717) is 19.4 Å². The zero-order chi connectivity index (χ0) is 21.9. The summed E-state index contributed by atoms with van der Waals surface area (Å²) in [4.78, 5) is 11.3. The fourth-order valence-electron chi connectivity index (χ4n) is 4.01. The summed E-state index contributed by atoms with van der Waals surface area (Å²) in [5.41, 5.74) is 2.08. The van der Waals surface area contributed by atoms with Crippen LogP contribution >= 0.6 is 0 Å². The number of carbonyl (C=O) groups is 1. The number of carbonyl (C=O) groups excluding carboxylic acids is 1. The highest BCUT2D eigenvalue weighted by atomic mass is 19.4. The molecule has 1 aliphatic rings. The lowest BCUT2D eigenvalue weighted by molar-refractivity contribution is -0.299. The van der Waals surface area contributed by atoms with Crippen LogP contribution in [0.3, 0.4) is 0 Å². The van der Waals surface area contributed by atoms with Crippen LogP contribution in [0.15, 0.2) is 65.7 Å². The van der Waals surface area contributed by atoms with Gasteiger partial charge in [0.15, 0.2) is 0 Å². The number of benzene rings is 2. The molecule has 3 rings (SSSR count). The first-order chi connectivity index (χ1) is 14.2. The first-order valence-corrected chi connectivity index (χ1v) is 9.87. The van der Waals surface area contributed by atoms with Crippen molar-refractivity contribution in [3.63, 3.8) is 0 Å². The topological polar surface area (TPSA) is 49.4 Å². The fourth-order valence-corrected chi connectivity index (χ4v) is 4.01. The highest BCUT2D eigenvalue weighted by Gasteiger charge is 2.38. The lowest BCUT2D eigenvalue weighted by Crippen LogP contribution is -2.25. The highest BCUT2D eigenvalue weighted by molar-refractivity contribution is 5.84. The van der Waals surface area contributed by atoms with Gasteiger partial charge in [-0.1, -0.05) is 48.0 Å². The van der Waals surface area contributed by atoms with E-state index in [1.807, 2.05) is 30.3 Å². The average Bonchev–Trinajstić information content (AvgIpc) is 3.09. The molecule has 0 radical (unpaired) electrons. The zero-order valence-corrected chi connectivity index (χ0v) is 16.9. The molecule has 0 amide bonds. The zero-order valence-electron chi connectivity index (χ0n) is 16.9. The summed E-state index contributed by atoms with van der Waals surface area (Å²) in [6.45, 7) is 3.77. The van der Waals surface area contributed by atoms with Crippen molar-refractivity contribution >= 4 is 5.97 Å². The molecule has 6 heteroatoms. The number of ether oxygens (including phenoxy) is 1. The molecule has 1 saturated heterocycles. The van der Waals surface area contributed by atoms with Gasteiger partial charge in [-0.05, 0) is 67.4 Å². The van der Waals surface area contributed by atoms with E-state index >= 15 is 0 Å². The van der Waals surface area contributed by atoms with Crippen LogP contribution < -0.4 is 5.11 Å². The highest BCUT2D eigenvalue weighted by Crippen LogP contribution is 2.43. The Morgan fingerprint density at radius 2 is 1.70 bits per heavy atom. The maximum absolute atomic E-state index is 12.8. The number of rotatable bonds is 6. The molecule has 0 N–H and O–H groups in total. The molecule has 3 atom stereocenters. The van der Waals surface area contributed by atoms with E-state index < -0.39 is 17.7 Å². The van der Waals surface area contributed by atoms with Crippen molar-refractivity contribution in [3.8, 4) is 0 Å². The Kier molecular flexibility index (Phi) is 6.66. The summed E-state index contributed by atoms with van der Waals surface area (Å²) in [6, 6.07) is 14.9. The van der Waals surface area contributed by atoms with Gasteiger partial charge in [-0.25, -0.2) is 0 Å². The van der Waals surface area contributed by atoms with Gasteiger partial charge in [0.05, 0.1) is 24.2 Å². The Hall–Kier alpha value is -2.60. The van der Waals surface area contributed by atoms with Crippen LogP contribution in [-0.2, 0) is 22.1 Å². The van der Waals surface area contributed by atoms with Crippen LogP contribution in [0.1, 0.15) is 43.1 Å². The summed E-state index contributed by atoms with van der Waals surface area (Å²) >= 11 is 0. The van der Waals surface area contributed by atoms with E-state index in [0.717, 1.165) is 28.8 Å². The van der Waals surface area contributed by atoms with Crippen molar-refractivity contribution in [2.24, 2.45) is 11.8 Å². The first kappa shape index (κ1) is 22.1. The number of carboxylic acid groups (broad SMARTS) is 1. The first-order valence-electron chi connectivity index (χ1n) is 9.87. The lowest BCUT2D eigenvalue weighted by atomic mass is 9.79. The summed E-state index contributed by atoms with van der Waals surface area (Å²) in [5, 5.41) is 11.3. The molecule has 30 heavy (non-hydrogen) atoms.